The maximum absolute atomic E-state index is 13.4. The molecule has 14 heavy (non-hydrogen) atoms. The Morgan fingerprint density at radius 2 is 2.29 bits per heavy atom. The molecule has 0 radical (unpaired) electrons. The van der Waals surface area contributed by atoms with E-state index in [1.807, 2.05) is 0 Å². The molecule has 2 aromatic heterocycles. The number of hydrogen-bond acceptors (Lipinski definition) is 2. The predicted octanol–water partition coefficient (Wildman–Crippen LogP) is 2.01. The van der Waals surface area contributed by atoms with Gasteiger partial charge in [0.15, 0.2) is 5.82 Å². The van der Waals surface area contributed by atoms with Crippen molar-refractivity contribution in [1.29, 1.82) is 0 Å². The number of fused-ring (bicyclic) bond motifs is 1. The van der Waals surface area contributed by atoms with E-state index in [0.717, 1.165) is 0 Å². The van der Waals surface area contributed by atoms with Crippen LogP contribution < -0.4 is 5.73 Å². The Morgan fingerprint density at radius 1 is 1.57 bits per heavy atom. The van der Waals surface area contributed by atoms with Crippen LogP contribution in [0.5, 0.6) is 0 Å². The van der Waals surface area contributed by atoms with Gasteiger partial charge in [-0.25, -0.2) is 9.37 Å². The second-order valence-electron chi connectivity index (χ2n) is 2.63. The van der Waals surface area contributed by atoms with E-state index in [1.54, 1.807) is 10.6 Å². The van der Waals surface area contributed by atoms with Gasteiger partial charge in [0.25, 0.3) is 0 Å². The van der Waals surface area contributed by atoms with Gasteiger partial charge in [-0.05, 0) is 6.07 Å². The molecule has 0 amide bonds. The topological polar surface area (TPSA) is 43.3 Å². The Morgan fingerprint density at radius 3 is 2.93 bits per heavy atom. The zero-order valence-corrected chi connectivity index (χ0v) is 8.65. The number of pyridine rings is 1. The molecule has 0 aliphatic heterocycles. The van der Waals surface area contributed by atoms with Crippen LogP contribution in [-0.4, -0.2) is 9.38 Å². The quantitative estimate of drug-likeness (QED) is 0.822. The largest absolute Gasteiger partial charge is 0.325 e. The molecular formula is C8H8Cl2FN3. The monoisotopic (exact) mass is 235 g/mol. The normalized spacial score (nSPS) is 10.2. The third-order valence-corrected chi connectivity index (χ3v) is 2.15. The second-order valence-corrected chi connectivity index (χ2v) is 3.04. The van der Waals surface area contributed by atoms with Crippen molar-refractivity contribution in [2.24, 2.45) is 5.73 Å². The molecular weight excluding hydrogens is 228 g/mol. The van der Waals surface area contributed by atoms with Crippen LogP contribution in [0, 0.1) is 5.82 Å². The molecule has 0 unspecified atom stereocenters. The minimum absolute atomic E-state index is 0. The highest BCUT2D eigenvalue weighted by Gasteiger charge is 2.10. The molecule has 2 rings (SSSR count). The van der Waals surface area contributed by atoms with E-state index < -0.39 is 5.82 Å². The fourth-order valence-electron chi connectivity index (χ4n) is 1.23. The molecule has 0 saturated heterocycles. The van der Waals surface area contributed by atoms with Crippen molar-refractivity contribution in [3.8, 4) is 0 Å². The van der Waals surface area contributed by atoms with Crippen molar-refractivity contribution >= 4 is 29.5 Å². The van der Waals surface area contributed by atoms with E-state index in [2.05, 4.69) is 4.98 Å². The summed E-state index contributed by atoms with van der Waals surface area (Å²) in [6.45, 7) is 0.202. The summed E-state index contributed by atoms with van der Waals surface area (Å²) in [5.74, 6) is -0.470. The Hall–Kier alpha value is -0.840. The molecule has 0 aliphatic rings. The van der Waals surface area contributed by atoms with Gasteiger partial charge in [0.2, 0.25) is 0 Å². The molecule has 0 saturated carbocycles. The number of rotatable bonds is 1. The first kappa shape index (κ1) is 11.2. The maximum Gasteiger partial charge on any atom is 0.167 e. The minimum atomic E-state index is -0.470. The molecule has 0 atom stereocenters. The van der Waals surface area contributed by atoms with Gasteiger partial charge in [-0.2, -0.15) is 0 Å². The van der Waals surface area contributed by atoms with E-state index in [-0.39, 0.29) is 24.0 Å². The molecule has 2 aromatic rings. The smallest absolute Gasteiger partial charge is 0.167 e. The van der Waals surface area contributed by atoms with Gasteiger partial charge >= 0.3 is 0 Å². The Balaban J connectivity index is 0.000000980. The summed E-state index contributed by atoms with van der Waals surface area (Å²) in [6, 6.07) is 1.48. The lowest BCUT2D eigenvalue weighted by molar-refractivity contribution is 0.632. The van der Waals surface area contributed by atoms with Crippen LogP contribution in [0.25, 0.3) is 5.52 Å². The van der Waals surface area contributed by atoms with Crippen LogP contribution in [-0.2, 0) is 6.54 Å². The highest BCUT2D eigenvalue weighted by molar-refractivity contribution is 6.31. The average Bonchev–Trinajstić information content (AvgIpc) is 2.55. The number of imidazole rings is 1. The van der Waals surface area contributed by atoms with Gasteiger partial charge in [0.1, 0.15) is 5.52 Å². The fraction of sp³-hybridized carbons (Fsp3) is 0.125. The number of nitrogens with two attached hydrogens (primary N) is 1. The highest BCUT2D eigenvalue weighted by atomic mass is 35.5. The number of nitrogens with zero attached hydrogens (tertiary/aromatic N) is 2. The van der Waals surface area contributed by atoms with Crippen molar-refractivity contribution < 1.29 is 4.39 Å². The first-order valence-corrected chi connectivity index (χ1v) is 4.11. The van der Waals surface area contributed by atoms with E-state index in [0.29, 0.717) is 11.2 Å². The molecule has 3 nitrogen and oxygen atoms in total. The summed E-state index contributed by atoms with van der Waals surface area (Å²) >= 11 is 5.62. The SMILES string of the molecule is Cl.NCc1ncn2ccc(Cl)c(F)c12. The summed E-state index contributed by atoms with van der Waals surface area (Å²) in [7, 11) is 0. The lowest BCUT2D eigenvalue weighted by Crippen LogP contribution is -1.98. The average molecular weight is 236 g/mol. The molecule has 0 spiro atoms. The first-order chi connectivity index (χ1) is 6.24. The molecule has 0 fully saturated rings. The van der Waals surface area contributed by atoms with E-state index in [1.165, 1.54) is 12.4 Å². The van der Waals surface area contributed by atoms with Crippen LogP contribution in [0.2, 0.25) is 5.02 Å². The minimum Gasteiger partial charge on any atom is -0.325 e. The predicted molar refractivity (Wildman–Crippen MR) is 55.3 cm³/mol. The Bertz CT molecular complexity index is 455. The van der Waals surface area contributed by atoms with Gasteiger partial charge in [0, 0.05) is 12.7 Å². The van der Waals surface area contributed by atoms with Crippen LogP contribution in [0.4, 0.5) is 4.39 Å². The molecule has 76 valence electrons. The summed E-state index contributed by atoms with van der Waals surface area (Å²) in [5, 5.41) is 0.0858. The van der Waals surface area contributed by atoms with Gasteiger partial charge in [-0.3, -0.25) is 0 Å². The van der Waals surface area contributed by atoms with Crippen LogP contribution in [0.3, 0.4) is 0 Å². The number of halogens is 3. The van der Waals surface area contributed by atoms with Crippen molar-refractivity contribution in [2.75, 3.05) is 0 Å². The molecule has 0 aromatic carbocycles. The molecule has 0 bridgehead atoms. The summed E-state index contributed by atoms with van der Waals surface area (Å²) < 4.78 is 15.0. The molecule has 6 heteroatoms. The van der Waals surface area contributed by atoms with Crippen LogP contribution in [0.1, 0.15) is 5.69 Å². The molecule has 0 aliphatic carbocycles. The van der Waals surface area contributed by atoms with Crippen molar-refractivity contribution in [3.05, 3.63) is 35.1 Å². The molecule has 2 N–H and O–H groups in total. The third-order valence-electron chi connectivity index (χ3n) is 1.86. The summed E-state index contributed by atoms with van der Waals surface area (Å²) in [4.78, 5) is 3.96. The van der Waals surface area contributed by atoms with Crippen molar-refractivity contribution in [3.63, 3.8) is 0 Å². The third kappa shape index (κ3) is 1.56. The maximum atomic E-state index is 13.4. The Labute approximate surface area is 91.1 Å². The first-order valence-electron chi connectivity index (χ1n) is 3.73. The standard InChI is InChI=1S/C8H7ClFN3.ClH/c9-5-1-2-13-4-12-6(3-11)8(13)7(5)10;/h1-2,4H,3,11H2;1H. The van der Waals surface area contributed by atoms with Crippen molar-refractivity contribution in [2.45, 2.75) is 6.54 Å². The van der Waals surface area contributed by atoms with Crippen LogP contribution in [0.15, 0.2) is 18.6 Å². The van der Waals surface area contributed by atoms with E-state index in [9.17, 15) is 4.39 Å². The lowest BCUT2D eigenvalue weighted by Gasteiger charge is -1.99. The molecule has 2 heterocycles. The van der Waals surface area contributed by atoms with Gasteiger partial charge in [-0.15, -0.1) is 12.4 Å². The Kier molecular flexibility index (Phi) is 3.31. The highest BCUT2D eigenvalue weighted by Crippen LogP contribution is 2.21. The zero-order valence-electron chi connectivity index (χ0n) is 7.08. The number of hydrogen-bond donors (Lipinski definition) is 1. The van der Waals surface area contributed by atoms with Gasteiger partial charge in [-0.1, -0.05) is 11.6 Å². The van der Waals surface area contributed by atoms with E-state index >= 15 is 0 Å². The van der Waals surface area contributed by atoms with Gasteiger partial charge < -0.3 is 10.1 Å². The second kappa shape index (κ2) is 4.13. The summed E-state index contributed by atoms with van der Waals surface area (Å²) in [5.41, 5.74) is 6.26. The summed E-state index contributed by atoms with van der Waals surface area (Å²) in [6.07, 6.45) is 3.16. The lowest BCUT2D eigenvalue weighted by atomic mass is 10.3. The van der Waals surface area contributed by atoms with Gasteiger partial charge in [0.05, 0.1) is 17.0 Å². The van der Waals surface area contributed by atoms with Crippen molar-refractivity contribution in [1.82, 2.24) is 9.38 Å². The zero-order chi connectivity index (χ0) is 9.42. The van der Waals surface area contributed by atoms with Crippen LogP contribution >= 0.6 is 24.0 Å². The fourth-order valence-corrected chi connectivity index (χ4v) is 1.38. The number of aromatic nitrogens is 2. The van der Waals surface area contributed by atoms with E-state index in [4.69, 9.17) is 17.3 Å².